The topological polar surface area (TPSA) is 46.9 Å². The number of benzene rings is 1. The molecule has 0 fully saturated rings. The molecule has 0 saturated heterocycles. The molecule has 0 saturated carbocycles. The average molecular weight is 271 g/mol. The smallest absolute Gasteiger partial charge is 0.293 e. The van der Waals surface area contributed by atoms with Crippen LogP contribution in [0.2, 0.25) is 0 Å². The lowest BCUT2D eigenvalue weighted by molar-refractivity contribution is 0.573. The van der Waals surface area contributed by atoms with Crippen molar-refractivity contribution in [3.05, 3.63) is 58.6 Å². The third-order valence-electron chi connectivity index (χ3n) is 3.35. The van der Waals surface area contributed by atoms with E-state index in [1.165, 1.54) is 0 Å². The molecule has 0 amide bonds. The predicted molar refractivity (Wildman–Crippen MR) is 82.0 cm³/mol. The zero-order valence-corrected chi connectivity index (χ0v) is 12.2. The van der Waals surface area contributed by atoms with E-state index >= 15 is 0 Å². The van der Waals surface area contributed by atoms with E-state index in [-0.39, 0.29) is 17.6 Å². The van der Waals surface area contributed by atoms with Gasteiger partial charge in [-0.25, -0.2) is 4.98 Å². The highest BCUT2D eigenvalue weighted by atomic mass is 16.1. The molecule has 20 heavy (non-hydrogen) atoms. The van der Waals surface area contributed by atoms with Crippen LogP contribution in [0, 0.1) is 0 Å². The molecule has 1 unspecified atom stereocenters. The fourth-order valence-corrected chi connectivity index (χ4v) is 2.20. The number of nitrogens with zero attached hydrogens (tertiary/aromatic N) is 2. The number of hydrogen-bond donors (Lipinski definition) is 1. The van der Waals surface area contributed by atoms with Crippen molar-refractivity contribution in [1.82, 2.24) is 9.55 Å². The minimum atomic E-state index is -0.0723. The van der Waals surface area contributed by atoms with Gasteiger partial charge in [0.15, 0.2) is 5.82 Å². The molecule has 0 aliphatic carbocycles. The Morgan fingerprint density at radius 1 is 1.25 bits per heavy atom. The first kappa shape index (κ1) is 14.3. The third kappa shape index (κ3) is 3.07. The highest BCUT2D eigenvalue weighted by Gasteiger charge is 2.13. The second-order valence-corrected chi connectivity index (χ2v) is 5.10. The van der Waals surface area contributed by atoms with Gasteiger partial charge >= 0.3 is 0 Å². The van der Waals surface area contributed by atoms with Crippen molar-refractivity contribution in [3.63, 3.8) is 0 Å². The number of rotatable bonds is 5. The Morgan fingerprint density at radius 2 is 1.95 bits per heavy atom. The second-order valence-electron chi connectivity index (χ2n) is 5.10. The van der Waals surface area contributed by atoms with Gasteiger partial charge in [-0.15, -0.1) is 0 Å². The van der Waals surface area contributed by atoms with Crippen LogP contribution in [0.25, 0.3) is 0 Å². The van der Waals surface area contributed by atoms with Crippen molar-refractivity contribution < 1.29 is 0 Å². The Morgan fingerprint density at radius 3 is 2.55 bits per heavy atom. The van der Waals surface area contributed by atoms with E-state index in [4.69, 9.17) is 0 Å². The maximum absolute atomic E-state index is 12.3. The van der Waals surface area contributed by atoms with Crippen molar-refractivity contribution in [1.29, 1.82) is 0 Å². The normalized spacial score (nSPS) is 12.4. The summed E-state index contributed by atoms with van der Waals surface area (Å²) in [6, 6.07) is 10.3. The Bertz CT molecular complexity index is 605. The molecule has 4 heteroatoms. The molecule has 0 spiro atoms. The average Bonchev–Trinajstić information content (AvgIpc) is 2.47. The summed E-state index contributed by atoms with van der Waals surface area (Å²) in [5.74, 6) is 0.414. The molecule has 1 heterocycles. The largest absolute Gasteiger partial charge is 0.359 e. The van der Waals surface area contributed by atoms with Crippen LogP contribution < -0.4 is 10.9 Å². The van der Waals surface area contributed by atoms with E-state index in [1.807, 2.05) is 32.0 Å². The number of aromatic nitrogens is 2. The molecule has 1 aromatic carbocycles. The van der Waals surface area contributed by atoms with Crippen LogP contribution >= 0.6 is 0 Å². The molecule has 1 atom stereocenters. The van der Waals surface area contributed by atoms with Crippen LogP contribution in [-0.4, -0.2) is 9.55 Å². The van der Waals surface area contributed by atoms with Gasteiger partial charge in [0, 0.05) is 18.4 Å². The number of hydrogen-bond acceptors (Lipinski definition) is 3. The molecule has 106 valence electrons. The Balaban J connectivity index is 2.29. The Labute approximate surface area is 119 Å². The van der Waals surface area contributed by atoms with Gasteiger partial charge in [-0.3, -0.25) is 4.79 Å². The quantitative estimate of drug-likeness (QED) is 0.906. The first-order valence-corrected chi connectivity index (χ1v) is 7.02. The lowest BCUT2D eigenvalue weighted by Crippen LogP contribution is -2.27. The summed E-state index contributed by atoms with van der Waals surface area (Å²) in [4.78, 5) is 16.5. The molecule has 1 N–H and O–H groups in total. The number of anilines is 1. The maximum Gasteiger partial charge on any atom is 0.293 e. The molecular formula is C16H21N3O. The van der Waals surface area contributed by atoms with E-state index in [9.17, 15) is 4.79 Å². The summed E-state index contributed by atoms with van der Waals surface area (Å²) in [5, 5.41) is 3.26. The molecule has 2 aromatic rings. The highest BCUT2D eigenvalue weighted by molar-refractivity contribution is 5.36. The van der Waals surface area contributed by atoms with Crippen molar-refractivity contribution in [2.24, 2.45) is 0 Å². The van der Waals surface area contributed by atoms with E-state index in [0.29, 0.717) is 5.82 Å². The van der Waals surface area contributed by atoms with Gasteiger partial charge in [-0.1, -0.05) is 37.3 Å². The highest BCUT2D eigenvalue weighted by Crippen LogP contribution is 2.19. The lowest BCUT2D eigenvalue weighted by atomic mass is 10.0. The third-order valence-corrected chi connectivity index (χ3v) is 3.35. The van der Waals surface area contributed by atoms with Gasteiger partial charge < -0.3 is 9.88 Å². The van der Waals surface area contributed by atoms with Gasteiger partial charge in [0.2, 0.25) is 0 Å². The summed E-state index contributed by atoms with van der Waals surface area (Å²) in [6.45, 7) is 6.06. The van der Waals surface area contributed by atoms with Crippen LogP contribution in [0.4, 0.5) is 5.82 Å². The summed E-state index contributed by atoms with van der Waals surface area (Å²) in [6.07, 6.45) is 4.28. The fraction of sp³-hybridized carbons (Fsp3) is 0.375. The Hall–Kier alpha value is -2.10. The zero-order valence-electron chi connectivity index (χ0n) is 12.2. The molecule has 0 bridgehead atoms. The molecule has 0 aliphatic rings. The summed E-state index contributed by atoms with van der Waals surface area (Å²) < 4.78 is 1.69. The molecule has 0 aliphatic heterocycles. The SMILES string of the molecule is CCC(Nc1nccn(C(C)C)c1=O)c1ccccc1. The van der Waals surface area contributed by atoms with Crippen LogP contribution in [0.5, 0.6) is 0 Å². The zero-order chi connectivity index (χ0) is 14.5. The van der Waals surface area contributed by atoms with Crippen LogP contribution in [-0.2, 0) is 0 Å². The minimum absolute atomic E-state index is 0.0723. The number of nitrogens with one attached hydrogen (secondary N) is 1. The van der Waals surface area contributed by atoms with Crippen LogP contribution in [0.3, 0.4) is 0 Å². The molecule has 2 rings (SSSR count). The molecular weight excluding hydrogens is 250 g/mol. The van der Waals surface area contributed by atoms with E-state index in [1.54, 1.807) is 17.0 Å². The van der Waals surface area contributed by atoms with Crippen molar-refractivity contribution in [2.45, 2.75) is 39.3 Å². The van der Waals surface area contributed by atoms with Gasteiger partial charge in [-0.2, -0.15) is 0 Å². The molecule has 1 aromatic heterocycles. The standard InChI is InChI=1S/C16H21N3O/c1-4-14(13-8-6-5-7-9-13)18-15-16(20)19(12(2)3)11-10-17-15/h5-12,14H,4H2,1-3H3,(H,17,18). The first-order chi connectivity index (χ1) is 9.63. The molecule has 0 radical (unpaired) electrons. The van der Waals surface area contributed by atoms with Crippen molar-refractivity contribution in [3.8, 4) is 0 Å². The first-order valence-electron chi connectivity index (χ1n) is 7.02. The predicted octanol–water partition coefficient (Wildman–Crippen LogP) is 3.39. The van der Waals surface area contributed by atoms with Crippen LogP contribution in [0.15, 0.2) is 47.5 Å². The van der Waals surface area contributed by atoms with Gasteiger partial charge in [0.05, 0.1) is 6.04 Å². The fourth-order valence-electron chi connectivity index (χ4n) is 2.20. The summed E-state index contributed by atoms with van der Waals surface area (Å²) >= 11 is 0. The van der Waals surface area contributed by atoms with Gasteiger partial charge in [-0.05, 0) is 25.8 Å². The van der Waals surface area contributed by atoms with E-state index in [2.05, 4.69) is 29.4 Å². The van der Waals surface area contributed by atoms with E-state index < -0.39 is 0 Å². The van der Waals surface area contributed by atoms with Gasteiger partial charge in [0.25, 0.3) is 5.56 Å². The maximum atomic E-state index is 12.3. The Kier molecular flexibility index (Phi) is 4.56. The molecule has 4 nitrogen and oxygen atoms in total. The summed E-state index contributed by atoms with van der Waals surface area (Å²) in [7, 11) is 0. The summed E-state index contributed by atoms with van der Waals surface area (Å²) in [5.41, 5.74) is 1.09. The van der Waals surface area contributed by atoms with Gasteiger partial charge in [0.1, 0.15) is 0 Å². The second kappa shape index (κ2) is 6.37. The van der Waals surface area contributed by atoms with Crippen molar-refractivity contribution >= 4 is 5.82 Å². The van der Waals surface area contributed by atoms with E-state index in [0.717, 1.165) is 12.0 Å². The monoisotopic (exact) mass is 271 g/mol. The van der Waals surface area contributed by atoms with Crippen LogP contribution in [0.1, 0.15) is 44.8 Å². The minimum Gasteiger partial charge on any atom is -0.359 e. The lowest BCUT2D eigenvalue weighted by Gasteiger charge is -2.19. The van der Waals surface area contributed by atoms with Crippen molar-refractivity contribution in [2.75, 3.05) is 5.32 Å².